The Morgan fingerprint density at radius 2 is 1.88 bits per heavy atom. The number of rotatable bonds is 7. The fourth-order valence-electron chi connectivity index (χ4n) is 3.80. The predicted octanol–water partition coefficient (Wildman–Crippen LogP) is 5.19. The average Bonchev–Trinajstić information content (AvgIpc) is 2.81. The number of ether oxygens (including phenoxy) is 1. The smallest absolute Gasteiger partial charge is 0.227 e. The molecule has 0 aliphatic carbocycles. The third kappa shape index (κ3) is 5.59. The molecule has 0 bridgehead atoms. The predicted molar refractivity (Wildman–Crippen MR) is 129 cm³/mol. The normalized spacial score (nSPS) is 14.2. The molecular formula is C25H28N4O2S. The van der Waals surface area contributed by atoms with E-state index in [9.17, 15) is 4.79 Å². The first-order chi connectivity index (χ1) is 15.6. The van der Waals surface area contributed by atoms with E-state index in [-0.39, 0.29) is 11.8 Å². The standard InChI is InChI=1S/C25H28N4O2S/c1-3-31-21-9-7-20(8-10-21)28-24(30)19-11-15-29(16-12-19)23-25(27-14-13-26-23)32-22-6-4-5-18(2)17-22/h4-10,13-14,17,19H,3,11-12,15-16H2,1-2H3,(H,28,30). The molecule has 7 heteroatoms. The van der Waals surface area contributed by atoms with Crippen LogP contribution in [0.1, 0.15) is 25.3 Å². The molecule has 0 spiro atoms. The van der Waals surface area contributed by atoms with Gasteiger partial charge in [0, 0.05) is 42.0 Å². The molecular weight excluding hydrogens is 420 g/mol. The van der Waals surface area contributed by atoms with Gasteiger partial charge in [-0.2, -0.15) is 0 Å². The van der Waals surface area contributed by atoms with Gasteiger partial charge in [0.25, 0.3) is 0 Å². The van der Waals surface area contributed by atoms with Crippen LogP contribution in [0.2, 0.25) is 0 Å². The molecule has 32 heavy (non-hydrogen) atoms. The molecule has 0 radical (unpaired) electrons. The summed E-state index contributed by atoms with van der Waals surface area (Å²) in [5.41, 5.74) is 2.02. The molecule has 1 aliphatic heterocycles. The molecule has 1 fully saturated rings. The largest absolute Gasteiger partial charge is 0.494 e. The van der Waals surface area contributed by atoms with Crippen molar-refractivity contribution in [1.29, 1.82) is 0 Å². The second kappa shape index (κ2) is 10.5. The van der Waals surface area contributed by atoms with Crippen molar-refractivity contribution < 1.29 is 9.53 Å². The number of amides is 1. The lowest BCUT2D eigenvalue weighted by atomic mass is 9.96. The molecule has 0 unspecified atom stereocenters. The minimum atomic E-state index is -0.0117. The molecule has 6 nitrogen and oxygen atoms in total. The van der Waals surface area contributed by atoms with Crippen molar-refractivity contribution in [1.82, 2.24) is 9.97 Å². The second-order valence-corrected chi connectivity index (χ2v) is 8.87. The van der Waals surface area contributed by atoms with E-state index in [0.717, 1.165) is 53.1 Å². The number of hydrogen-bond acceptors (Lipinski definition) is 6. The van der Waals surface area contributed by atoms with E-state index >= 15 is 0 Å². The van der Waals surface area contributed by atoms with Gasteiger partial charge >= 0.3 is 0 Å². The van der Waals surface area contributed by atoms with Gasteiger partial charge in [-0.25, -0.2) is 9.97 Å². The molecule has 2 heterocycles. The Labute approximate surface area is 193 Å². The van der Waals surface area contributed by atoms with Crippen molar-refractivity contribution >= 4 is 29.2 Å². The van der Waals surface area contributed by atoms with Gasteiger partial charge in [0.1, 0.15) is 10.8 Å². The van der Waals surface area contributed by atoms with Gasteiger partial charge in [0.2, 0.25) is 5.91 Å². The minimum Gasteiger partial charge on any atom is -0.494 e. The first-order valence-electron chi connectivity index (χ1n) is 11.0. The number of carbonyl (C=O) groups excluding carboxylic acids is 1. The van der Waals surface area contributed by atoms with E-state index in [2.05, 4.69) is 51.4 Å². The molecule has 1 amide bonds. The van der Waals surface area contributed by atoms with Gasteiger partial charge in [-0.15, -0.1) is 0 Å². The van der Waals surface area contributed by atoms with Crippen LogP contribution >= 0.6 is 11.8 Å². The van der Waals surface area contributed by atoms with E-state index in [1.165, 1.54) is 5.56 Å². The van der Waals surface area contributed by atoms with Crippen LogP contribution in [-0.4, -0.2) is 35.6 Å². The highest BCUT2D eigenvalue weighted by molar-refractivity contribution is 7.99. The van der Waals surface area contributed by atoms with Gasteiger partial charge in [0.05, 0.1) is 6.61 Å². The Morgan fingerprint density at radius 1 is 1.12 bits per heavy atom. The summed E-state index contributed by atoms with van der Waals surface area (Å²) >= 11 is 1.63. The lowest BCUT2D eigenvalue weighted by Crippen LogP contribution is -2.38. The van der Waals surface area contributed by atoms with E-state index in [1.807, 2.05) is 31.2 Å². The Morgan fingerprint density at radius 3 is 2.59 bits per heavy atom. The number of aryl methyl sites for hydroxylation is 1. The van der Waals surface area contributed by atoms with Crippen LogP contribution in [0, 0.1) is 12.8 Å². The molecule has 1 aliphatic rings. The summed E-state index contributed by atoms with van der Waals surface area (Å²) in [4.78, 5) is 25.4. The van der Waals surface area contributed by atoms with Crippen molar-refractivity contribution in [3.05, 3.63) is 66.5 Å². The van der Waals surface area contributed by atoms with Crippen LogP contribution in [0.25, 0.3) is 0 Å². The number of benzene rings is 2. The highest BCUT2D eigenvalue weighted by atomic mass is 32.2. The zero-order valence-corrected chi connectivity index (χ0v) is 19.3. The first kappa shape index (κ1) is 22.1. The van der Waals surface area contributed by atoms with Crippen LogP contribution in [-0.2, 0) is 4.79 Å². The molecule has 1 saturated heterocycles. The van der Waals surface area contributed by atoms with Gasteiger partial charge < -0.3 is 15.0 Å². The second-order valence-electron chi connectivity index (χ2n) is 7.81. The fraction of sp³-hybridized carbons (Fsp3) is 0.320. The third-order valence-electron chi connectivity index (χ3n) is 5.45. The summed E-state index contributed by atoms with van der Waals surface area (Å²) in [6.45, 7) is 6.22. The monoisotopic (exact) mass is 448 g/mol. The zero-order chi connectivity index (χ0) is 22.3. The van der Waals surface area contributed by atoms with Crippen molar-refractivity contribution in [3.63, 3.8) is 0 Å². The summed E-state index contributed by atoms with van der Waals surface area (Å²) in [5, 5.41) is 3.94. The Kier molecular flexibility index (Phi) is 7.27. The van der Waals surface area contributed by atoms with Crippen LogP contribution in [0.3, 0.4) is 0 Å². The number of nitrogens with zero attached hydrogens (tertiary/aromatic N) is 3. The SMILES string of the molecule is CCOc1ccc(NC(=O)C2CCN(c3nccnc3Sc3cccc(C)c3)CC2)cc1. The minimum absolute atomic E-state index is 0.0117. The lowest BCUT2D eigenvalue weighted by molar-refractivity contribution is -0.120. The average molecular weight is 449 g/mol. The third-order valence-corrected chi connectivity index (χ3v) is 6.42. The number of hydrogen-bond donors (Lipinski definition) is 1. The number of nitrogens with one attached hydrogen (secondary N) is 1. The quantitative estimate of drug-likeness (QED) is 0.537. The van der Waals surface area contributed by atoms with E-state index < -0.39 is 0 Å². The molecule has 0 saturated carbocycles. The van der Waals surface area contributed by atoms with Crippen molar-refractivity contribution in [2.75, 3.05) is 29.9 Å². The summed E-state index contributed by atoms with van der Waals surface area (Å²) < 4.78 is 5.46. The molecule has 166 valence electrons. The van der Waals surface area contributed by atoms with E-state index in [0.29, 0.717) is 6.61 Å². The number of piperidine rings is 1. The van der Waals surface area contributed by atoms with Crippen molar-refractivity contribution in [3.8, 4) is 5.75 Å². The van der Waals surface area contributed by atoms with Gasteiger partial charge in [-0.3, -0.25) is 4.79 Å². The molecule has 4 rings (SSSR count). The highest BCUT2D eigenvalue weighted by Crippen LogP contribution is 2.34. The maximum Gasteiger partial charge on any atom is 0.227 e. The van der Waals surface area contributed by atoms with E-state index in [1.54, 1.807) is 24.2 Å². The number of aromatic nitrogens is 2. The van der Waals surface area contributed by atoms with Crippen LogP contribution in [0.5, 0.6) is 5.75 Å². The van der Waals surface area contributed by atoms with Crippen LogP contribution in [0.4, 0.5) is 11.5 Å². The van der Waals surface area contributed by atoms with Crippen LogP contribution < -0.4 is 15.0 Å². The first-order valence-corrected chi connectivity index (χ1v) is 11.8. The Hall–Kier alpha value is -3.06. The lowest BCUT2D eigenvalue weighted by Gasteiger charge is -2.32. The fourth-order valence-corrected chi connectivity index (χ4v) is 4.80. The maximum absolute atomic E-state index is 12.8. The summed E-state index contributed by atoms with van der Waals surface area (Å²) in [5.74, 6) is 1.76. The number of carbonyl (C=O) groups is 1. The summed E-state index contributed by atoms with van der Waals surface area (Å²) in [6, 6.07) is 15.9. The van der Waals surface area contributed by atoms with Crippen molar-refractivity contribution in [2.24, 2.45) is 5.92 Å². The molecule has 3 aromatic rings. The summed E-state index contributed by atoms with van der Waals surface area (Å²) in [7, 11) is 0. The van der Waals surface area contributed by atoms with Gasteiger partial charge in [-0.05, 0) is 63.1 Å². The Bertz CT molecular complexity index is 1050. The zero-order valence-electron chi connectivity index (χ0n) is 18.5. The number of anilines is 2. The molecule has 1 N–H and O–H groups in total. The highest BCUT2D eigenvalue weighted by Gasteiger charge is 2.27. The topological polar surface area (TPSA) is 67.3 Å². The van der Waals surface area contributed by atoms with Gasteiger partial charge in [0.15, 0.2) is 5.82 Å². The van der Waals surface area contributed by atoms with Crippen LogP contribution in [0.15, 0.2) is 70.8 Å². The van der Waals surface area contributed by atoms with Gasteiger partial charge in [-0.1, -0.05) is 29.5 Å². The Balaban J connectivity index is 1.36. The molecule has 1 aromatic heterocycles. The molecule has 0 atom stereocenters. The summed E-state index contributed by atoms with van der Waals surface area (Å²) in [6.07, 6.45) is 5.04. The molecule has 2 aromatic carbocycles. The van der Waals surface area contributed by atoms with Crippen molar-refractivity contribution in [2.45, 2.75) is 36.6 Å². The van der Waals surface area contributed by atoms with E-state index in [4.69, 9.17) is 4.74 Å². The maximum atomic E-state index is 12.8.